The van der Waals surface area contributed by atoms with Crippen LogP contribution in [0.5, 0.6) is 0 Å². The van der Waals surface area contributed by atoms with Gasteiger partial charge in [-0.15, -0.1) is 0 Å². The van der Waals surface area contributed by atoms with E-state index < -0.39 is 41.9 Å². The average molecular weight is 156 g/mol. The van der Waals surface area contributed by atoms with Crippen molar-refractivity contribution in [2.24, 2.45) is 0 Å². The highest BCUT2D eigenvalue weighted by Crippen LogP contribution is 2.01. The first-order valence-electron chi connectivity index (χ1n) is 5.37. The summed E-state index contributed by atoms with van der Waals surface area (Å²) in [6.45, 7) is 1.10. The van der Waals surface area contributed by atoms with Gasteiger partial charge in [-0.25, -0.2) is 9.78 Å². The van der Waals surface area contributed by atoms with Gasteiger partial charge in [0.15, 0.2) is 0 Å². The van der Waals surface area contributed by atoms with Crippen LogP contribution in [-0.2, 0) is 6.37 Å². The molecule has 1 aromatic heterocycles. The average Bonchev–Trinajstić information content (AvgIpc) is 2.08. The number of hydrogen-bond acceptors (Lipinski definition) is 2. The highest BCUT2D eigenvalue weighted by molar-refractivity contribution is 5.85. The van der Waals surface area contributed by atoms with Crippen molar-refractivity contribution in [3.8, 4) is 0 Å². The SMILES string of the molecule is [2H]c1nc(C(=O)O)c([2H])c(C([2H])([2H])C)c1[2H]. The highest BCUT2D eigenvalue weighted by atomic mass is 16.4. The molecular formula is C8H9NO2. The lowest BCUT2D eigenvalue weighted by Crippen LogP contribution is -2.00. The first-order valence-corrected chi connectivity index (χ1v) is 2.87. The zero-order valence-electron chi connectivity index (χ0n) is 10.8. The summed E-state index contributed by atoms with van der Waals surface area (Å²) in [4.78, 5) is 14.0. The lowest BCUT2D eigenvalue weighted by Gasteiger charge is -1.96. The summed E-state index contributed by atoms with van der Waals surface area (Å²) >= 11 is 0. The molecule has 58 valence electrons. The molecule has 0 aliphatic carbocycles. The molecule has 0 saturated heterocycles. The van der Waals surface area contributed by atoms with Crippen molar-refractivity contribution in [3.63, 3.8) is 0 Å². The van der Waals surface area contributed by atoms with Gasteiger partial charge in [0.25, 0.3) is 0 Å². The van der Waals surface area contributed by atoms with Gasteiger partial charge in [0.05, 0.1) is 4.11 Å². The molecule has 0 bridgehead atoms. The van der Waals surface area contributed by atoms with Gasteiger partial charge < -0.3 is 5.11 Å². The molecule has 0 aromatic carbocycles. The third kappa shape index (κ3) is 1.77. The molecule has 1 heterocycles. The number of carbonyl (C=O) groups is 1. The van der Waals surface area contributed by atoms with Gasteiger partial charge in [-0.05, 0) is 24.0 Å². The van der Waals surface area contributed by atoms with E-state index in [2.05, 4.69) is 4.98 Å². The van der Waals surface area contributed by atoms with Crippen molar-refractivity contribution in [2.75, 3.05) is 0 Å². The molecule has 0 unspecified atom stereocenters. The van der Waals surface area contributed by atoms with E-state index in [4.69, 9.17) is 12.0 Å². The second-order valence-corrected chi connectivity index (χ2v) is 1.75. The van der Waals surface area contributed by atoms with E-state index in [0.717, 1.165) is 6.92 Å². The maximum Gasteiger partial charge on any atom is 0.354 e. The number of carboxylic acids is 1. The van der Waals surface area contributed by atoms with Gasteiger partial charge in [-0.3, -0.25) is 0 Å². The van der Waals surface area contributed by atoms with Crippen LogP contribution in [-0.4, -0.2) is 16.1 Å². The fraction of sp³-hybridized carbons (Fsp3) is 0.250. The second kappa shape index (κ2) is 3.14. The third-order valence-corrected chi connectivity index (χ3v) is 1.04. The van der Waals surface area contributed by atoms with E-state index >= 15 is 0 Å². The van der Waals surface area contributed by atoms with Crippen LogP contribution in [0.4, 0.5) is 0 Å². The number of nitrogens with zero attached hydrogens (tertiary/aromatic N) is 1. The third-order valence-electron chi connectivity index (χ3n) is 1.04. The first-order chi connectivity index (χ1) is 7.16. The topological polar surface area (TPSA) is 50.2 Å². The summed E-state index contributed by atoms with van der Waals surface area (Å²) in [5.41, 5.74) is -1.13. The molecule has 3 heteroatoms. The van der Waals surface area contributed by atoms with Crippen molar-refractivity contribution in [1.82, 2.24) is 4.98 Å². The predicted molar refractivity (Wildman–Crippen MR) is 40.6 cm³/mol. The monoisotopic (exact) mass is 156 g/mol. The number of aromatic nitrogens is 1. The zero-order valence-corrected chi connectivity index (χ0v) is 5.80. The second-order valence-electron chi connectivity index (χ2n) is 1.75. The van der Waals surface area contributed by atoms with Gasteiger partial charge in [-0.1, -0.05) is 6.92 Å². The molecule has 0 spiro atoms. The Balaban J connectivity index is 3.66. The molecule has 0 amide bonds. The standard InChI is InChI=1S/C8H9NO2/c1-2-6-3-4-9-7(5-6)8(10)11/h3-5H,2H2,1H3,(H,10,11)/i2D2,3D,4D,5D. The number of hydrogen-bond donors (Lipinski definition) is 1. The quantitative estimate of drug-likeness (QED) is 0.703. The van der Waals surface area contributed by atoms with Gasteiger partial charge in [-0.2, -0.15) is 0 Å². The van der Waals surface area contributed by atoms with E-state index in [1.807, 2.05) is 0 Å². The highest BCUT2D eigenvalue weighted by Gasteiger charge is 2.02. The molecule has 0 aliphatic rings. The molecule has 0 saturated carbocycles. The normalized spacial score (nSPS) is 17.4. The molecule has 1 aromatic rings. The van der Waals surface area contributed by atoms with Crippen molar-refractivity contribution >= 4 is 5.97 Å². The maximum absolute atomic E-state index is 10.7. The first kappa shape index (κ1) is 3.34. The summed E-state index contributed by atoms with van der Waals surface area (Å²) < 4.78 is 37.0. The van der Waals surface area contributed by atoms with Gasteiger partial charge >= 0.3 is 5.97 Å². The fourth-order valence-electron chi connectivity index (χ4n) is 0.544. The number of aromatic carboxylic acids is 1. The van der Waals surface area contributed by atoms with E-state index in [1.165, 1.54) is 0 Å². The van der Waals surface area contributed by atoms with Gasteiger partial charge in [0.1, 0.15) is 5.69 Å². The summed E-state index contributed by atoms with van der Waals surface area (Å²) in [6, 6.07) is -1.21. The van der Waals surface area contributed by atoms with Crippen LogP contribution in [0.3, 0.4) is 0 Å². The Labute approximate surface area is 71.7 Å². The predicted octanol–water partition coefficient (Wildman–Crippen LogP) is 1.34. The van der Waals surface area contributed by atoms with Crippen LogP contribution in [0.15, 0.2) is 18.3 Å². The van der Waals surface area contributed by atoms with E-state index in [9.17, 15) is 4.79 Å². The molecule has 0 aliphatic heterocycles. The summed E-state index contributed by atoms with van der Waals surface area (Å²) in [6.07, 6.45) is -2.70. The van der Waals surface area contributed by atoms with Crippen LogP contribution in [0.2, 0.25) is 0 Å². The van der Waals surface area contributed by atoms with Gasteiger partial charge in [0, 0.05) is 8.91 Å². The van der Waals surface area contributed by atoms with Crippen molar-refractivity contribution in [1.29, 1.82) is 0 Å². The van der Waals surface area contributed by atoms with E-state index in [-0.39, 0.29) is 0 Å². The smallest absolute Gasteiger partial charge is 0.354 e. The van der Waals surface area contributed by atoms with E-state index in [0.29, 0.717) is 0 Å². The van der Waals surface area contributed by atoms with Crippen LogP contribution < -0.4 is 0 Å². The summed E-state index contributed by atoms with van der Waals surface area (Å²) in [5.74, 6) is -1.51. The minimum Gasteiger partial charge on any atom is -0.477 e. The minimum atomic E-state index is -2.06. The Hall–Kier alpha value is -1.38. The van der Waals surface area contributed by atoms with E-state index in [1.54, 1.807) is 0 Å². The Morgan fingerprint density at radius 2 is 2.73 bits per heavy atom. The zero-order chi connectivity index (χ0) is 12.7. The molecule has 11 heavy (non-hydrogen) atoms. The molecule has 0 atom stereocenters. The minimum absolute atomic E-state index is 0.426. The summed E-state index contributed by atoms with van der Waals surface area (Å²) in [5, 5.41) is 8.72. The van der Waals surface area contributed by atoms with Crippen LogP contribution in [0.25, 0.3) is 0 Å². The largest absolute Gasteiger partial charge is 0.477 e. The van der Waals surface area contributed by atoms with Gasteiger partial charge in [0.2, 0.25) is 0 Å². The fourth-order valence-corrected chi connectivity index (χ4v) is 0.544. The molecule has 1 N–H and O–H groups in total. The number of rotatable bonds is 2. The van der Waals surface area contributed by atoms with Crippen LogP contribution in [0, 0.1) is 0 Å². The number of pyridine rings is 1. The molecule has 0 fully saturated rings. The Bertz CT molecular complexity index is 455. The number of carboxylic acid groups (broad SMARTS) is 1. The van der Waals surface area contributed by atoms with Crippen molar-refractivity contribution in [2.45, 2.75) is 13.3 Å². The maximum atomic E-state index is 10.7. The molecule has 3 nitrogen and oxygen atoms in total. The Morgan fingerprint density at radius 1 is 2.00 bits per heavy atom. The molecular weight excluding hydrogens is 142 g/mol. The van der Waals surface area contributed by atoms with Crippen LogP contribution in [0.1, 0.15) is 29.8 Å². The lowest BCUT2D eigenvalue weighted by atomic mass is 10.2. The molecule has 1 rings (SSSR count). The van der Waals surface area contributed by atoms with Crippen molar-refractivity contribution < 1.29 is 16.8 Å². The lowest BCUT2D eigenvalue weighted by molar-refractivity contribution is 0.0690. The Kier molecular flexibility index (Phi) is 0.955. The Morgan fingerprint density at radius 3 is 3.27 bits per heavy atom. The molecule has 0 radical (unpaired) electrons. The summed E-state index contributed by atoms with van der Waals surface area (Å²) in [7, 11) is 0. The van der Waals surface area contributed by atoms with Crippen molar-refractivity contribution in [3.05, 3.63) is 29.5 Å². The van der Waals surface area contributed by atoms with Crippen LogP contribution >= 0.6 is 0 Å².